The summed E-state index contributed by atoms with van der Waals surface area (Å²) in [5.41, 5.74) is 6.12. The Bertz CT molecular complexity index is 566. The average Bonchev–Trinajstić information content (AvgIpc) is 3.07. The van der Waals surface area contributed by atoms with Gasteiger partial charge in [0.1, 0.15) is 6.04 Å². The fraction of sp³-hybridized carbons (Fsp3) is 0.750. The van der Waals surface area contributed by atoms with Crippen molar-refractivity contribution < 1.29 is 4.79 Å². The van der Waals surface area contributed by atoms with Crippen LogP contribution in [0.2, 0.25) is 0 Å². The highest BCUT2D eigenvalue weighted by atomic mass is 16.2. The van der Waals surface area contributed by atoms with Gasteiger partial charge in [-0.25, -0.2) is 4.68 Å². The van der Waals surface area contributed by atoms with Crippen LogP contribution in [0.5, 0.6) is 0 Å². The lowest BCUT2D eigenvalue weighted by Crippen LogP contribution is -2.49. The molecule has 25 heavy (non-hydrogen) atoms. The molecular weight excluding hydrogens is 320 g/mol. The Labute approximate surface area is 148 Å². The van der Waals surface area contributed by atoms with Crippen LogP contribution >= 0.6 is 0 Å². The smallest absolute Gasteiger partial charge is 0.247 e. The Kier molecular flexibility index (Phi) is 7.17. The molecule has 1 aliphatic heterocycles. The number of nitrogens with two attached hydrogens (primary N) is 1. The van der Waals surface area contributed by atoms with Crippen molar-refractivity contribution in [2.75, 3.05) is 32.7 Å². The van der Waals surface area contributed by atoms with Crippen LogP contribution < -0.4 is 16.4 Å². The van der Waals surface area contributed by atoms with Gasteiger partial charge in [0.15, 0.2) is 5.96 Å². The van der Waals surface area contributed by atoms with Gasteiger partial charge in [-0.1, -0.05) is 25.5 Å². The maximum atomic E-state index is 13.0. The molecule has 2 heterocycles. The summed E-state index contributed by atoms with van der Waals surface area (Å²) >= 11 is 0. The molecular formula is C16H30N8O. The molecule has 5 N–H and O–H groups in total. The maximum absolute atomic E-state index is 13.0. The highest BCUT2D eigenvalue weighted by Gasteiger charge is 2.31. The predicted octanol–water partition coefficient (Wildman–Crippen LogP) is -0.287. The van der Waals surface area contributed by atoms with Crippen LogP contribution in [-0.2, 0) is 11.2 Å². The number of guanidine groups is 1. The van der Waals surface area contributed by atoms with Crippen molar-refractivity contribution in [1.29, 1.82) is 5.41 Å². The molecule has 2 atom stereocenters. The van der Waals surface area contributed by atoms with Crippen molar-refractivity contribution in [3.8, 4) is 0 Å². The van der Waals surface area contributed by atoms with Crippen LogP contribution in [0.3, 0.4) is 0 Å². The Balaban J connectivity index is 2.02. The van der Waals surface area contributed by atoms with Crippen molar-refractivity contribution in [2.24, 2.45) is 11.7 Å². The van der Waals surface area contributed by atoms with E-state index in [9.17, 15) is 4.79 Å². The number of rotatable bonds is 8. The van der Waals surface area contributed by atoms with Gasteiger partial charge in [0.2, 0.25) is 5.91 Å². The van der Waals surface area contributed by atoms with Crippen molar-refractivity contribution in [2.45, 2.75) is 39.2 Å². The minimum Gasteiger partial charge on any atom is -0.370 e. The number of piperazine rings is 1. The maximum Gasteiger partial charge on any atom is 0.247 e. The van der Waals surface area contributed by atoms with Crippen LogP contribution in [-0.4, -0.2) is 64.5 Å². The lowest BCUT2D eigenvalue weighted by atomic mass is 9.97. The number of nitrogens with one attached hydrogen (secondary N) is 3. The van der Waals surface area contributed by atoms with Crippen LogP contribution in [0, 0.1) is 11.3 Å². The average molecular weight is 350 g/mol. The van der Waals surface area contributed by atoms with Crippen LogP contribution in [0.1, 0.15) is 38.4 Å². The Hall–Kier alpha value is -2.16. The van der Waals surface area contributed by atoms with E-state index in [-0.39, 0.29) is 23.8 Å². The Morgan fingerprint density at radius 1 is 1.48 bits per heavy atom. The Morgan fingerprint density at radius 3 is 2.84 bits per heavy atom. The molecule has 0 radical (unpaired) electrons. The molecule has 0 spiro atoms. The monoisotopic (exact) mass is 350 g/mol. The molecule has 1 unspecified atom stereocenters. The molecule has 0 bridgehead atoms. The number of carbonyl (C=O) groups is 1. The lowest BCUT2D eigenvalue weighted by Gasteiger charge is -2.32. The first-order valence-corrected chi connectivity index (χ1v) is 9.01. The molecule has 140 valence electrons. The molecule has 0 aliphatic carbocycles. The van der Waals surface area contributed by atoms with Crippen molar-refractivity contribution in [3.63, 3.8) is 0 Å². The zero-order chi connectivity index (χ0) is 18.2. The lowest BCUT2D eigenvalue weighted by molar-refractivity contribution is -0.137. The van der Waals surface area contributed by atoms with E-state index in [4.69, 9.17) is 11.1 Å². The van der Waals surface area contributed by atoms with E-state index in [1.165, 1.54) is 0 Å². The van der Waals surface area contributed by atoms with E-state index >= 15 is 0 Å². The zero-order valence-electron chi connectivity index (χ0n) is 15.2. The number of aromatic nitrogens is 3. The standard InChI is InChI=1S/C16H30N8O/c1-3-12(2)14(15(25)23-9-7-19-8-10-23)24-11-13(21-22-24)5-4-6-20-16(17)18/h11-12,14,19H,3-10H2,1-2H3,(H4,17,18,20)/t12-,14?/m1/s1. The molecule has 1 aliphatic rings. The van der Waals surface area contributed by atoms with Crippen LogP contribution in [0.15, 0.2) is 6.20 Å². The predicted molar refractivity (Wildman–Crippen MR) is 96.2 cm³/mol. The number of hydrogen-bond donors (Lipinski definition) is 4. The molecule has 1 aromatic heterocycles. The van der Waals surface area contributed by atoms with Gasteiger partial charge in [0.25, 0.3) is 0 Å². The molecule has 1 fully saturated rings. The SMILES string of the molecule is CC[C@@H](C)C(C(=O)N1CCNCC1)n1cc(CCCNC(=N)N)nn1. The minimum atomic E-state index is -0.306. The Morgan fingerprint density at radius 2 is 2.20 bits per heavy atom. The fourth-order valence-corrected chi connectivity index (χ4v) is 2.97. The largest absolute Gasteiger partial charge is 0.370 e. The van der Waals surface area contributed by atoms with Crippen molar-refractivity contribution in [1.82, 2.24) is 30.5 Å². The second kappa shape index (κ2) is 9.36. The summed E-state index contributed by atoms with van der Waals surface area (Å²) < 4.78 is 1.73. The first kappa shape index (κ1) is 19.2. The van der Waals surface area contributed by atoms with Gasteiger partial charge in [-0.3, -0.25) is 10.2 Å². The van der Waals surface area contributed by atoms with E-state index in [1.54, 1.807) is 4.68 Å². The zero-order valence-corrected chi connectivity index (χ0v) is 15.2. The molecule has 2 rings (SSSR count). The summed E-state index contributed by atoms with van der Waals surface area (Å²) in [5, 5.41) is 21.6. The van der Waals surface area contributed by atoms with Crippen LogP contribution in [0.4, 0.5) is 0 Å². The van der Waals surface area contributed by atoms with Gasteiger partial charge in [-0.05, 0) is 18.8 Å². The topological polar surface area (TPSA) is 125 Å². The van der Waals surface area contributed by atoms with Crippen LogP contribution in [0.25, 0.3) is 0 Å². The van der Waals surface area contributed by atoms with Gasteiger partial charge in [0.05, 0.1) is 5.69 Å². The second-order valence-corrected chi connectivity index (χ2v) is 6.54. The fourth-order valence-electron chi connectivity index (χ4n) is 2.97. The molecule has 1 saturated heterocycles. The summed E-state index contributed by atoms with van der Waals surface area (Å²) in [6.07, 6.45) is 4.32. The number of hydrogen-bond acceptors (Lipinski definition) is 5. The van der Waals surface area contributed by atoms with Crippen molar-refractivity contribution >= 4 is 11.9 Å². The number of aryl methyl sites for hydroxylation is 1. The molecule has 0 saturated carbocycles. The third kappa shape index (κ3) is 5.42. The van der Waals surface area contributed by atoms with E-state index in [0.717, 1.165) is 51.1 Å². The van der Waals surface area contributed by atoms with Gasteiger partial charge in [-0.2, -0.15) is 0 Å². The number of amides is 1. The first-order chi connectivity index (χ1) is 12.0. The number of carbonyl (C=O) groups excluding carboxylic acids is 1. The summed E-state index contributed by atoms with van der Waals surface area (Å²) in [6.45, 7) is 7.96. The molecule has 0 aromatic carbocycles. The summed E-state index contributed by atoms with van der Waals surface area (Å²) in [4.78, 5) is 14.9. The van der Waals surface area contributed by atoms with Gasteiger partial charge in [0, 0.05) is 38.9 Å². The van der Waals surface area contributed by atoms with Gasteiger partial charge < -0.3 is 21.3 Å². The van der Waals surface area contributed by atoms with E-state index in [2.05, 4.69) is 34.8 Å². The van der Waals surface area contributed by atoms with Crippen molar-refractivity contribution in [3.05, 3.63) is 11.9 Å². The second-order valence-electron chi connectivity index (χ2n) is 6.54. The third-order valence-corrected chi connectivity index (χ3v) is 4.63. The van der Waals surface area contributed by atoms with E-state index in [1.807, 2.05) is 11.1 Å². The normalized spacial score (nSPS) is 17.1. The van der Waals surface area contributed by atoms with E-state index < -0.39 is 0 Å². The summed E-state index contributed by atoms with van der Waals surface area (Å²) in [5.74, 6) is 0.295. The minimum absolute atomic E-state index is 0.0258. The van der Waals surface area contributed by atoms with E-state index in [0.29, 0.717) is 6.54 Å². The highest BCUT2D eigenvalue weighted by Crippen LogP contribution is 2.23. The first-order valence-electron chi connectivity index (χ1n) is 9.01. The molecule has 1 amide bonds. The highest BCUT2D eigenvalue weighted by molar-refractivity contribution is 5.80. The molecule has 9 heteroatoms. The molecule has 9 nitrogen and oxygen atoms in total. The van der Waals surface area contributed by atoms with Gasteiger partial charge in [-0.15, -0.1) is 5.10 Å². The summed E-state index contributed by atoms with van der Waals surface area (Å²) in [6, 6.07) is -0.306. The quantitative estimate of drug-likeness (QED) is 0.290. The van der Waals surface area contributed by atoms with Gasteiger partial charge >= 0.3 is 0 Å². The molecule has 1 aromatic rings. The third-order valence-electron chi connectivity index (χ3n) is 4.63. The summed E-state index contributed by atoms with van der Waals surface area (Å²) in [7, 11) is 0. The number of nitrogens with zero attached hydrogens (tertiary/aromatic N) is 4.